The number of aromatic hydroxyl groups is 1. The normalized spacial score (nSPS) is 14.7. The summed E-state index contributed by atoms with van der Waals surface area (Å²) in [5, 5.41) is 25.5. The van der Waals surface area contributed by atoms with Crippen molar-refractivity contribution in [2.75, 3.05) is 6.54 Å². The molecular formula is C20H30N4O6. The molecule has 7 N–H and O–H groups in total. The molecule has 0 aliphatic heterocycles. The Kier molecular flexibility index (Phi) is 9.76. The van der Waals surface area contributed by atoms with Crippen LogP contribution in [0.15, 0.2) is 24.3 Å². The molecule has 10 heteroatoms. The van der Waals surface area contributed by atoms with Gasteiger partial charge in [0.25, 0.3) is 0 Å². The van der Waals surface area contributed by atoms with Gasteiger partial charge >= 0.3 is 5.97 Å². The maximum absolute atomic E-state index is 12.4. The van der Waals surface area contributed by atoms with E-state index in [2.05, 4.69) is 16.0 Å². The number of hydrogen-bond donors (Lipinski definition) is 6. The topological polar surface area (TPSA) is 171 Å². The lowest BCUT2D eigenvalue weighted by Gasteiger charge is -2.24. The largest absolute Gasteiger partial charge is 0.508 e. The molecule has 0 aromatic heterocycles. The van der Waals surface area contributed by atoms with Gasteiger partial charge in [0.15, 0.2) is 0 Å². The van der Waals surface area contributed by atoms with Crippen molar-refractivity contribution in [1.29, 1.82) is 0 Å². The van der Waals surface area contributed by atoms with Crippen LogP contribution in [0.5, 0.6) is 5.75 Å². The van der Waals surface area contributed by atoms with E-state index in [9.17, 15) is 24.3 Å². The Balaban J connectivity index is 2.59. The standard InChI is InChI=1S/C20H30N4O6/c1-4-11(2)17(19(28)23-12(3)20(29)30)24-16(26)10-22-18(27)15(21)9-13-5-7-14(25)8-6-13/h5-8,11-12,15,17,25H,4,9-10,21H2,1-3H3,(H,22,27)(H,23,28)(H,24,26)(H,29,30)/t11-,12-,15-,17-/m0/s1. The summed E-state index contributed by atoms with van der Waals surface area (Å²) in [6.45, 7) is 4.53. The number of nitrogens with one attached hydrogen (secondary N) is 3. The number of carbonyl (C=O) groups excluding carboxylic acids is 3. The van der Waals surface area contributed by atoms with E-state index >= 15 is 0 Å². The lowest BCUT2D eigenvalue weighted by molar-refractivity contribution is -0.142. The third-order valence-corrected chi connectivity index (χ3v) is 4.69. The minimum Gasteiger partial charge on any atom is -0.508 e. The summed E-state index contributed by atoms with van der Waals surface area (Å²) in [5.74, 6) is -3.07. The van der Waals surface area contributed by atoms with Gasteiger partial charge in [0, 0.05) is 0 Å². The van der Waals surface area contributed by atoms with E-state index in [0.717, 1.165) is 5.56 Å². The smallest absolute Gasteiger partial charge is 0.325 e. The fraction of sp³-hybridized carbons (Fsp3) is 0.500. The molecule has 0 radical (unpaired) electrons. The molecule has 10 nitrogen and oxygen atoms in total. The molecule has 166 valence electrons. The second kappa shape index (κ2) is 11.8. The van der Waals surface area contributed by atoms with Crippen molar-refractivity contribution in [3.8, 4) is 5.75 Å². The minimum absolute atomic E-state index is 0.103. The van der Waals surface area contributed by atoms with Crippen molar-refractivity contribution in [2.24, 2.45) is 11.7 Å². The van der Waals surface area contributed by atoms with E-state index < -0.39 is 41.8 Å². The quantitative estimate of drug-likeness (QED) is 0.279. The summed E-state index contributed by atoms with van der Waals surface area (Å²) >= 11 is 0. The van der Waals surface area contributed by atoms with Crippen molar-refractivity contribution in [3.63, 3.8) is 0 Å². The van der Waals surface area contributed by atoms with Crippen LogP contribution in [0.4, 0.5) is 0 Å². The lowest BCUT2D eigenvalue weighted by Crippen LogP contribution is -2.55. The van der Waals surface area contributed by atoms with Crippen LogP contribution in [-0.2, 0) is 25.6 Å². The third-order valence-electron chi connectivity index (χ3n) is 4.69. The first-order valence-corrected chi connectivity index (χ1v) is 9.68. The number of benzene rings is 1. The molecule has 0 heterocycles. The molecule has 0 spiro atoms. The SMILES string of the molecule is CC[C@H](C)[C@H](NC(=O)CNC(=O)[C@@H](N)Cc1ccc(O)cc1)C(=O)N[C@@H](C)C(=O)O. The summed E-state index contributed by atoms with van der Waals surface area (Å²) in [4.78, 5) is 47.7. The molecule has 1 aromatic carbocycles. The van der Waals surface area contributed by atoms with Gasteiger partial charge in [0.2, 0.25) is 17.7 Å². The average molecular weight is 422 g/mol. The van der Waals surface area contributed by atoms with E-state index in [1.54, 1.807) is 19.1 Å². The molecular weight excluding hydrogens is 392 g/mol. The summed E-state index contributed by atoms with van der Waals surface area (Å²) < 4.78 is 0. The van der Waals surface area contributed by atoms with Crippen molar-refractivity contribution in [1.82, 2.24) is 16.0 Å². The predicted octanol–water partition coefficient (Wildman–Crippen LogP) is -0.502. The highest BCUT2D eigenvalue weighted by atomic mass is 16.4. The number of amides is 3. The number of nitrogens with two attached hydrogens (primary N) is 1. The molecule has 1 aromatic rings. The van der Waals surface area contributed by atoms with Crippen LogP contribution in [-0.4, -0.2) is 58.6 Å². The monoisotopic (exact) mass is 422 g/mol. The molecule has 1 rings (SSSR count). The molecule has 0 aliphatic carbocycles. The van der Waals surface area contributed by atoms with Crippen LogP contribution in [0.25, 0.3) is 0 Å². The number of aliphatic carboxylic acids is 1. The second-order valence-electron chi connectivity index (χ2n) is 7.19. The van der Waals surface area contributed by atoms with Crippen molar-refractivity contribution in [2.45, 2.75) is 51.7 Å². The highest BCUT2D eigenvalue weighted by molar-refractivity contribution is 5.92. The van der Waals surface area contributed by atoms with Crippen LogP contribution in [0.1, 0.15) is 32.8 Å². The van der Waals surface area contributed by atoms with Crippen LogP contribution in [0.2, 0.25) is 0 Å². The Bertz CT molecular complexity index is 752. The van der Waals surface area contributed by atoms with E-state index in [-0.39, 0.29) is 24.6 Å². The Hall–Kier alpha value is -3.14. The van der Waals surface area contributed by atoms with Crippen LogP contribution in [0.3, 0.4) is 0 Å². The molecule has 0 saturated heterocycles. The van der Waals surface area contributed by atoms with Gasteiger partial charge in [-0.15, -0.1) is 0 Å². The average Bonchev–Trinajstić information content (AvgIpc) is 2.70. The van der Waals surface area contributed by atoms with Crippen LogP contribution in [0, 0.1) is 5.92 Å². The Morgan fingerprint density at radius 1 is 1.03 bits per heavy atom. The number of carboxylic acids is 1. The van der Waals surface area contributed by atoms with E-state index in [4.69, 9.17) is 10.8 Å². The molecule has 0 fully saturated rings. The number of hydrogen-bond acceptors (Lipinski definition) is 6. The zero-order valence-electron chi connectivity index (χ0n) is 17.3. The Morgan fingerprint density at radius 3 is 2.17 bits per heavy atom. The zero-order chi connectivity index (χ0) is 22.8. The molecule has 3 amide bonds. The van der Waals surface area contributed by atoms with Gasteiger partial charge in [0.1, 0.15) is 17.8 Å². The van der Waals surface area contributed by atoms with Crippen LogP contribution < -0.4 is 21.7 Å². The van der Waals surface area contributed by atoms with Gasteiger partial charge in [-0.25, -0.2) is 0 Å². The molecule has 30 heavy (non-hydrogen) atoms. The lowest BCUT2D eigenvalue weighted by atomic mass is 9.98. The van der Waals surface area contributed by atoms with Crippen molar-refractivity contribution in [3.05, 3.63) is 29.8 Å². The third kappa shape index (κ3) is 8.08. The summed E-state index contributed by atoms with van der Waals surface area (Å²) in [5.41, 5.74) is 6.60. The summed E-state index contributed by atoms with van der Waals surface area (Å²) in [6, 6.07) is 3.32. The highest BCUT2D eigenvalue weighted by Gasteiger charge is 2.28. The highest BCUT2D eigenvalue weighted by Crippen LogP contribution is 2.11. The van der Waals surface area contributed by atoms with Crippen molar-refractivity contribution < 1.29 is 29.4 Å². The van der Waals surface area contributed by atoms with Gasteiger partial charge in [-0.05, 0) is 37.0 Å². The number of rotatable bonds is 11. The molecule has 0 bridgehead atoms. The zero-order valence-corrected chi connectivity index (χ0v) is 17.3. The van der Waals surface area contributed by atoms with Crippen LogP contribution >= 0.6 is 0 Å². The molecule has 0 unspecified atom stereocenters. The van der Waals surface area contributed by atoms with Gasteiger partial charge in [0.05, 0.1) is 12.6 Å². The predicted molar refractivity (Wildman–Crippen MR) is 109 cm³/mol. The fourth-order valence-corrected chi connectivity index (χ4v) is 2.57. The number of phenolic OH excluding ortho intramolecular Hbond substituents is 1. The Labute approximate surface area is 175 Å². The maximum atomic E-state index is 12.4. The van der Waals surface area contributed by atoms with Gasteiger partial charge < -0.3 is 31.9 Å². The maximum Gasteiger partial charge on any atom is 0.325 e. The molecule has 0 saturated carbocycles. The molecule has 0 aliphatic rings. The summed E-state index contributed by atoms with van der Waals surface area (Å²) in [6.07, 6.45) is 0.794. The minimum atomic E-state index is -1.19. The molecule has 4 atom stereocenters. The first kappa shape index (κ1) is 24.9. The number of carbonyl (C=O) groups is 4. The first-order valence-electron chi connectivity index (χ1n) is 9.68. The van der Waals surface area contributed by atoms with Gasteiger partial charge in [-0.2, -0.15) is 0 Å². The second-order valence-corrected chi connectivity index (χ2v) is 7.19. The first-order chi connectivity index (χ1) is 14.0. The van der Waals surface area contributed by atoms with Gasteiger partial charge in [-0.1, -0.05) is 32.4 Å². The van der Waals surface area contributed by atoms with E-state index in [1.807, 2.05) is 6.92 Å². The number of carboxylic acid groups (broad SMARTS) is 1. The summed E-state index contributed by atoms with van der Waals surface area (Å²) in [7, 11) is 0. The fourth-order valence-electron chi connectivity index (χ4n) is 2.57. The van der Waals surface area contributed by atoms with E-state index in [0.29, 0.717) is 6.42 Å². The van der Waals surface area contributed by atoms with Gasteiger partial charge in [-0.3, -0.25) is 19.2 Å². The van der Waals surface area contributed by atoms with E-state index in [1.165, 1.54) is 19.1 Å². The van der Waals surface area contributed by atoms with Crippen molar-refractivity contribution >= 4 is 23.7 Å². The Morgan fingerprint density at radius 2 is 1.63 bits per heavy atom. The number of phenols is 1.